The zero-order valence-electron chi connectivity index (χ0n) is 13.0. The molecule has 0 spiro atoms. The Morgan fingerprint density at radius 2 is 1.86 bits per heavy atom. The maximum Gasteiger partial charge on any atom is 0.239 e. The van der Waals surface area contributed by atoms with Gasteiger partial charge in [-0.05, 0) is 38.4 Å². The number of hydrogen-bond acceptors (Lipinski definition) is 2. The molecule has 0 N–H and O–H groups in total. The van der Waals surface area contributed by atoms with Crippen LogP contribution in [-0.2, 0) is 11.3 Å². The van der Waals surface area contributed by atoms with Crippen LogP contribution in [0.1, 0.15) is 38.2 Å². The molecule has 21 heavy (non-hydrogen) atoms. The van der Waals surface area contributed by atoms with Crippen LogP contribution in [0.25, 0.3) is 0 Å². The zero-order valence-corrected chi connectivity index (χ0v) is 13.8. The first-order chi connectivity index (χ1) is 10.1. The molecule has 1 saturated heterocycles. The molecule has 0 unspecified atom stereocenters. The van der Waals surface area contributed by atoms with Gasteiger partial charge in [0.2, 0.25) is 5.91 Å². The Kier molecular flexibility index (Phi) is 6.07. The molecule has 0 radical (unpaired) electrons. The average Bonchev–Trinajstić information content (AvgIpc) is 2.77. The number of carbonyl (C=O) groups excluding carboxylic acids is 1. The molecule has 0 bridgehead atoms. The monoisotopic (exact) mass is 308 g/mol. The van der Waals surface area contributed by atoms with Crippen LogP contribution in [0.3, 0.4) is 0 Å². The predicted octanol–water partition coefficient (Wildman–Crippen LogP) is 3.56. The Morgan fingerprint density at radius 3 is 2.48 bits per heavy atom. The first-order valence-electron chi connectivity index (χ1n) is 7.82. The van der Waals surface area contributed by atoms with E-state index in [1.165, 1.54) is 12.8 Å². The Labute approximate surface area is 132 Å². The Bertz CT molecular complexity index is 470. The second-order valence-corrected chi connectivity index (χ2v) is 6.33. The van der Waals surface area contributed by atoms with Gasteiger partial charge in [-0.3, -0.25) is 9.69 Å². The molecule has 1 aliphatic rings. The van der Waals surface area contributed by atoms with Crippen LogP contribution in [0, 0.1) is 0 Å². The van der Waals surface area contributed by atoms with E-state index >= 15 is 0 Å². The zero-order chi connectivity index (χ0) is 15.2. The van der Waals surface area contributed by atoms with Crippen LogP contribution in [0.2, 0.25) is 5.02 Å². The lowest BCUT2D eigenvalue weighted by molar-refractivity contribution is -0.136. The molecule has 1 aromatic rings. The van der Waals surface area contributed by atoms with Crippen molar-refractivity contribution in [2.24, 2.45) is 0 Å². The summed E-state index contributed by atoms with van der Waals surface area (Å²) >= 11 is 6.20. The lowest BCUT2D eigenvalue weighted by Crippen LogP contribution is -2.45. The van der Waals surface area contributed by atoms with Gasteiger partial charge in [-0.1, -0.05) is 42.6 Å². The van der Waals surface area contributed by atoms with Crippen molar-refractivity contribution < 1.29 is 4.79 Å². The third-order valence-corrected chi connectivity index (χ3v) is 4.68. The summed E-state index contributed by atoms with van der Waals surface area (Å²) in [6, 6.07) is 7.71. The molecule has 1 fully saturated rings. The SMILES string of the molecule is C[C@H](C(=O)N1CCCCCC1)N(C)Cc1ccccc1Cl. The van der Waals surface area contributed by atoms with E-state index in [-0.39, 0.29) is 11.9 Å². The lowest BCUT2D eigenvalue weighted by atomic mass is 10.1. The number of halogens is 1. The van der Waals surface area contributed by atoms with Crippen molar-refractivity contribution in [1.29, 1.82) is 0 Å². The number of amides is 1. The first-order valence-corrected chi connectivity index (χ1v) is 8.20. The van der Waals surface area contributed by atoms with E-state index in [0.29, 0.717) is 6.54 Å². The van der Waals surface area contributed by atoms with E-state index in [2.05, 4.69) is 4.90 Å². The molecular formula is C17H25ClN2O. The fourth-order valence-electron chi connectivity index (χ4n) is 2.78. The number of hydrogen-bond donors (Lipinski definition) is 0. The molecular weight excluding hydrogens is 284 g/mol. The van der Waals surface area contributed by atoms with Crippen LogP contribution < -0.4 is 0 Å². The summed E-state index contributed by atoms with van der Waals surface area (Å²) in [5.41, 5.74) is 1.07. The minimum Gasteiger partial charge on any atom is -0.341 e. The topological polar surface area (TPSA) is 23.6 Å². The molecule has 0 aliphatic carbocycles. The predicted molar refractivity (Wildman–Crippen MR) is 87.4 cm³/mol. The van der Waals surface area contributed by atoms with Gasteiger partial charge in [0.15, 0.2) is 0 Å². The van der Waals surface area contributed by atoms with Crippen molar-refractivity contribution >= 4 is 17.5 Å². The highest BCUT2D eigenvalue weighted by atomic mass is 35.5. The second kappa shape index (κ2) is 7.81. The fraction of sp³-hybridized carbons (Fsp3) is 0.588. The quantitative estimate of drug-likeness (QED) is 0.849. The van der Waals surface area contributed by atoms with Gasteiger partial charge in [-0.15, -0.1) is 0 Å². The summed E-state index contributed by atoms with van der Waals surface area (Å²) in [6.45, 7) is 4.50. The van der Waals surface area contributed by atoms with Crippen molar-refractivity contribution in [1.82, 2.24) is 9.80 Å². The largest absolute Gasteiger partial charge is 0.341 e. The number of benzene rings is 1. The summed E-state index contributed by atoms with van der Waals surface area (Å²) in [4.78, 5) is 16.7. The van der Waals surface area contributed by atoms with Crippen molar-refractivity contribution in [3.63, 3.8) is 0 Å². The summed E-state index contributed by atoms with van der Waals surface area (Å²) in [7, 11) is 1.99. The molecule has 2 rings (SSSR count). The number of likely N-dealkylation sites (tertiary alicyclic amines) is 1. The Hall–Kier alpha value is -1.06. The number of carbonyl (C=O) groups is 1. The van der Waals surface area contributed by atoms with Gasteiger partial charge >= 0.3 is 0 Å². The van der Waals surface area contributed by atoms with E-state index < -0.39 is 0 Å². The van der Waals surface area contributed by atoms with Crippen LogP contribution in [0.15, 0.2) is 24.3 Å². The van der Waals surface area contributed by atoms with Crippen LogP contribution in [0.5, 0.6) is 0 Å². The Balaban J connectivity index is 1.96. The summed E-state index contributed by atoms with van der Waals surface area (Å²) < 4.78 is 0. The maximum absolute atomic E-state index is 12.6. The third kappa shape index (κ3) is 4.45. The number of likely N-dealkylation sites (N-methyl/N-ethyl adjacent to an activating group) is 1. The van der Waals surface area contributed by atoms with Crippen LogP contribution in [-0.4, -0.2) is 41.9 Å². The normalized spacial score (nSPS) is 17.6. The number of nitrogens with zero attached hydrogens (tertiary/aromatic N) is 2. The highest BCUT2D eigenvalue weighted by Gasteiger charge is 2.24. The van der Waals surface area contributed by atoms with Gasteiger partial charge in [0.25, 0.3) is 0 Å². The van der Waals surface area contributed by atoms with E-state index in [0.717, 1.165) is 36.5 Å². The van der Waals surface area contributed by atoms with Gasteiger partial charge in [-0.25, -0.2) is 0 Å². The van der Waals surface area contributed by atoms with E-state index in [4.69, 9.17) is 11.6 Å². The highest BCUT2D eigenvalue weighted by Crippen LogP contribution is 2.18. The fourth-order valence-corrected chi connectivity index (χ4v) is 2.97. The smallest absolute Gasteiger partial charge is 0.239 e. The van der Waals surface area contributed by atoms with E-state index in [1.54, 1.807) is 0 Å². The van der Waals surface area contributed by atoms with Crippen LogP contribution >= 0.6 is 11.6 Å². The lowest BCUT2D eigenvalue weighted by Gasteiger charge is -2.30. The molecule has 1 atom stereocenters. The Morgan fingerprint density at radius 1 is 1.24 bits per heavy atom. The molecule has 4 heteroatoms. The molecule has 0 saturated carbocycles. The number of rotatable bonds is 4. The molecule has 1 aliphatic heterocycles. The first kappa shape index (κ1) is 16.3. The summed E-state index contributed by atoms with van der Waals surface area (Å²) in [5.74, 6) is 0.242. The minimum absolute atomic E-state index is 0.112. The molecule has 1 aromatic carbocycles. The van der Waals surface area contributed by atoms with E-state index in [1.807, 2.05) is 43.1 Å². The van der Waals surface area contributed by atoms with Crippen molar-refractivity contribution in [2.45, 2.75) is 45.2 Å². The van der Waals surface area contributed by atoms with Gasteiger partial charge in [-0.2, -0.15) is 0 Å². The van der Waals surface area contributed by atoms with Crippen molar-refractivity contribution in [3.05, 3.63) is 34.9 Å². The molecule has 116 valence electrons. The molecule has 0 aromatic heterocycles. The molecule has 1 amide bonds. The van der Waals surface area contributed by atoms with Crippen LogP contribution in [0.4, 0.5) is 0 Å². The molecule has 3 nitrogen and oxygen atoms in total. The standard InChI is InChI=1S/C17H25ClN2O/c1-14(17(21)20-11-7-3-4-8-12-20)19(2)13-15-9-5-6-10-16(15)18/h5-6,9-10,14H,3-4,7-8,11-13H2,1-2H3/t14-/m1/s1. The van der Waals surface area contributed by atoms with Gasteiger partial charge in [0.05, 0.1) is 6.04 Å². The van der Waals surface area contributed by atoms with Gasteiger partial charge in [0, 0.05) is 24.7 Å². The average molecular weight is 309 g/mol. The van der Waals surface area contributed by atoms with Crippen molar-refractivity contribution in [2.75, 3.05) is 20.1 Å². The summed E-state index contributed by atoms with van der Waals surface area (Å²) in [6.07, 6.45) is 4.75. The van der Waals surface area contributed by atoms with Crippen molar-refractivity contribution in [3.8, 4) is 0 Å². The van der Waals surface area contributed by atoms with Gasteiger partial charge in [0.1, 0.15) is 0 Å². The second-order valence-electron chi connectivity index (χ2n) is 5.92. The third-order valence-electron chi connectivity index (χ3n) is 4.31. The minimum atomic E-state index is -0.112. The maximum atomic E-state index is 12.6. The van der Waals surface area contributed by atoms with Gasteiger partial charge < -0.3 is 4.90 Å². The highest BCUT2D eigenvalue weighted by molar-refractivity contribution is 6.31. The molecule has 1 heterocycles. The van der Waals surface area contributed by atoms with E-state index in [9.17, 15) is 4.79 Å². The summed E-state index contributed by atoms with van der Waals surface area (Å²) in [5, 5.41) is 0.763.